The van der Waals surface area contributed by atoms with Crippen molar-refractivity contribution in [3.8, 4) is 5.75 Å². The third-order valence-electron chi connectivity index (χ3n) is 3.75. The number of benzene rings is 2. The molecule has 0 spiro atoms. The molecule has 2 N–H and O–H groups in total. The highest BCUT2D eigenvalue weighted by atomic mass is 19.1. The predicted molar refractivity (Wildman–Crippen MR) is 82.1 cm³/mol. The van der Waals surface area contributed by atoms with Crippen LogP contribution >= 0.6 is 0 Å². The second kappa shape index (κ2) is 6.59. The van der Waals surface area contributed by atoms with Gasteiger partial charge in [0.1, 0.15) is 11.6 Å². The summed E-state index contributed by atoms with van der Waals surface area (Å²) >= 11 is 0. The van der Waals surface area contributed by atoms with Crippen LogP contribution in [0, 0.1) is 5.82 Å². The van der Waals surface area contributed by atoms with Crippen molar-refractivity contribution in [3.63, 3.8) is 0 Å². The van der Waals surface area contributed by atoms with Crippen molar-refractivity contribution >= 4 is 5.69 Å². The topological polar surface area (TPSA) is 41.5 Å². The predicted octanol–water partition coefficient (Wildman–Crippen LogP) is 3.54. The van der Waals surface area contributed by atoms with Gasteiger partial charge in [0.15, 0.2) is 0 Å². The molecule has 21 heavy (non-hydrogen) atoms. The lowest BCUT2D eigenvalue weighted by atomic mass is 9.87. The zero-order valence-electron chi connectivity index (χ0n) is 12.3. The first-order valence-corrected chi connectivity index (χ1v) is 6.93. The summed E-state index contributed by atoms with van der Waals surface area (Å²) in [7, 11) is 1.60. The molecule has 0 fully saturated rings. The molecule has 4 heteroatoms. The Labute approximate surface area is 124 Å². The van der Waals surface area contributed by atoms with Crippen LogP contribution in [0.25, 0.3) is 0 Å². The standard InChI is InChI=1S/C17H20FNO2/c1-3-17(12-20,13-8-10-14(18)11-9-13)19-15-6-4-5-7-16(15)21-2/h4-11,19-20H,3,12H2,1-2H3. The largest absolute Gasteiger partial charge is 0.495 e. The van der Waals surface area contributed by atoms with E-state index in [9.17, 15) is 9.50 Å². The van der Waals surface area contributed by atoms with Crippen LogP contribution in [0.15, 0.2) is 48.5 Å². The Bertz CT molecular complexity index is 580. The Kier molecular flexibility index (Phi) is 4.81. The maximum atomic E-state index is 13.1. The molecule has 0 aliphatic rings. The monoisotopic (exact) mass is 289 g/mol. The molecule has 0 saturated heterocycles. The highest BCUT2D eigenvalue weighted by molar-refractivity contribution is 5.58. The highest BCUT2D eigenvalue weighted by Crippen LogP contribution is 2.33. The lowest BCUT2D eigenvalue weighted by molar-refractivity contribution is 0.207. The van der Waals surface area contributed by atoms with Crippen LogP contribution in [0.1, 0.15) is 18.9 Å². The Morgan fingerprint density at radius 1 is 1.14 bits per heavy atom. The molecule has 1 unspecified atom stereocenters. The van der Waals surface area contributed by atoms with E-state index in [-0.39, 0.29) is 12.4 Å². The smallest absolute Gasteiger partial charge is 0.141 e. The molecule has 0 aliphatic heterocycles. The molecule has 3 nitrogen and oxygen atoms in total. The van der Waals surface area contributed by atoms with Gasteiger partial charge in [0.2, 0.25) is 0 Å². The third-order valence-corrected chi connectivity index (χ3v) is 3.75. The molecule has 2 rings (SSSR count). The molecule has 0 heterocycles. The summed E-state index contributed by atoms with van der Waals surface area (Å²) in [4.78, 5) is 0. The average molecular weight is 289 g/mol. The number of para-hydroxylation sites is 2. The normalized spacial score (nSPS) is 13.5. The van der Waals surface area contributed by atoms with Crippen molar-refractivity contribution in [2.45, 2.75) is 18.9 Å². The molecule has 0 aromatic heterocycles. The van der Waals surface area contributed by atoms with Crippen LogP contribution in [-0.4, -0.2) is 18.8 Å². The number of hydrogen-bond acceptors (Lipinski definition) is 3. The Morgan fingerprint density at radius 2 is 1.81 bits per heavy atom. The second-order valence-corrected chi connectivity index (χ2v) is 4.93. The Balaban J connectivity index is 2.40. The minimum absolute atomic E-state index is 0.104. The van der Waals surface area contributed by atoms with E-state index >= 15 is 0 Å². The van der Waals surface area contributed by atoms with Crippen molar-refractivity contribution in [3.05, 3.63) is 59.9 Å². The molecule has 2 aromatic carbocycles. The number of rotatable bonds is 6. The minimum Gasteiger partial charge on any atom is -0.495 e. The number of halogens is 1. The van der Waals surface area contributed by atoms with E-state index in [2.05, 4.69) is 5.32 Å². The van der Waals surface area contributed by atoms with Crippen molar-refractivity contribution in [2.75, 3.05) is 19.0 Å². The van der Waals surface area contributed by atoms with Crippen molar-refractivity contribution in [1.82, 2.24) is 0 Å². The van der Waals surface area contributed by atoms with Gasteiger partial charge in [-0.15, -0.1) is 0 Å². The highest BCUT2D eigenvalue weighted by Gasteiger charge is 2.30. The van der Waals surface area contributed by atoms with Crippen LogP contribution in [0.3, 0.4) is 0 Å². The van der Waals surface area contributed by atoms with Gasteiger partial charge in [-0.25, -0.2) is 4.39 Å². The second-order valence-electron chi connectivity index (χ2n) is 4.93. The summed E-state index contributed by atoms with van der Waals surface area (Å²) in [6, 6.07) is 13.7. The van der Waals surface area contributed by atoms with Crippen LogP contribution in [-0.2, 0) is 5.54 Å². The summed E-state index contributed by atoms with van der Waals surface area (Å²) in [5, 5.41) is 13.3. The van der Waals surface area contributed by atoms with Gasteiger partial charge in [-0.1, -0.05) is 31.2 Å². The van der Waals surface area contributed by atoms with Gasteiger partial charge in [0, 0.05) is 0 Å². The fraction of sp³-hybridized carbons (Fsp3) is 0.294. The summed E-state index contributed by atoms with van der Waals surface area (Å²) < 4.78 is 18.5. The van der Waals surface area contributed by atoms with E-state index in [1.54, 1.807) is 19.2 Å². The fourth-order valence-corrected chi connectivity index (χ4v) is 2.38. The molecule has 0 bridgehead atoms. The molecule has 112 valence electrons. The number of methoxy groups -OCH3 is 1. The Morgan fingerprint density at radius 3 is 2.38 bits per heavy atom. The Hall–Kier alpha value is -2.07. The van der Waals surface area contributed by atoms with E-state index in [4.69, 9.17) is 4.74 Å². The third kappa shape index (κ3) is 3.16. The number of nitrogens with one attached hydrogen (secondary N) is 1. The molecular weight excluding hydrogens is 269 g/mol. The number of aliphatic hydroxyl groups is 1. The molecule has 1 atom stereocenters. The van der Waals surface area contributed by atoms with Crippen LogP contribution in [0.2, 0.25) is 0 Å². The number of aliphatic hydroxyl groups excluding tert-OH is 1. The fourth-order valence-electron chi connectivity index (χ4n) is 2.38. The SMILES string of the molecule is CCC(CO)(Nc1ccccc1OC)c1ccc(F)cc1. The first-order valence-electron chi connectivity index (χ1n) is 6.93. The average Bonchev–Trinajstić information content (AvgIpc) is 2.54. The first-order chi connectivity index (χ1) is 10.1. The lowest BCUT2D eigenvalue weighted by Gasteiger charge is -2.34. The van der Waals surface area contributed by atoms with Crippen LogP contribution < -0.4 is 10.1 Å². The van der Waals surface area contributed by atoms with E-state index in [0.29, 0.717) is 12.2 Å². The molecule has 0 radical (unpaired) electrons. The maximum absolute atomic E-state index is 13.1. The van der Waals surface area contributed by atoms with Crippen molar-refractivity contribution in [1.29, 1.82) is 0 Å². The van der Waals surface area contributed by atoms with Crippen LogP contribution in [0.4, 0.5) is 10.1 Å². The van der Waals surface area contributed by atoms with Gasteiger partial charge in [0.05, 0.1) is 24.9 Å². The summed E-state index contributed by atoms with van der Waals surface area (Å²) in [6.07, 6.45) is 0.646. The van der Waals surface area contributed by atoms with E-state index in [1.807, 2.05) is 31.2 Å². The molecular formula is C17H20FNO2. The quantitative estimate of drug-likeness (QED) is 0.854. The van der Waals surface area contributed by atoms with Gasteiger partial charge < -0.3 is 15.2 Å². The van der Waals surface area contributed by atoms with Crippen molar-refractivity contribution < 1.29 is 14.2 Å². The first kappa shape index (κ1) is 15.3. The maximum Gasteiger partial charge on any atom is 0.141 e. The molecule has 0 aliphatic carbocycles. The van der Waals surface area contributed by atoms with Crippen LogP contribution in [0.5, 0.6) is 5.75 Å². The summed E-state index contributed by atoms with van der Waals surface area (Å²) in [6.45, 7) is 1.87. The van der Waals surface area contributed by atoms with Gasteiger partial charge in [0.25, 0.3) is 0 Å². The molecule has 0 saturated carbocycles. The molecule has 0 amide bonds. The van der Waals surface area contributed by atoms with Gasteiger partial charge >= 0.3 is 0 Å². The van der Waals surface area contributed by atoms with Crippen molar-refractivity contribution in [2.24, 2.45) is 0 Å². The lowest BCUT2D eigenvalue weighted by Crippen LogP contribution is -2.38. The van der Waals surface area contributed by atoms with E-state index in [0.717, 1.165) is 11.3 Å². The summed E-state index contributed by atoms with van der Waals surface area (Å²) in [5.41, 5.74) is 0.947. The minimum atomic E-state index is -0.678. The number of ether oxygens (including phenoxy) is 1. The summed E-state index contributed by atoms with van der Waals surface area (Å²) in [5.74, 6) is 0.407. The zero-order chi connectivity index (χ0) is 15.3. The van der Waals surface area contributed by atoms with Gasteiger partial charge in [-0.3, -0.25) is 0 Å². The van der Waals surface area contributed by atoms with E-state index < -0.39 is 5.54 Å². The zero-order valence-corrected chi connectivity index (χ0v) is 12.3. The number of anilines is 1. The molecule has 2 aromatic rings. The number of hydrogen-bond donors (Lipinski definition) is 2. The van der Waals surface area contributed by atoms with Gasteiger partial charge in [-0.05, 0) is 36.2 Å². The van der Waals surface area contributed by atoms with Gasteiger partial charge in [-0.2, -0.15) is 0 Å². The van der Waals surface area contributed by atoms with E-state index in [1.165, 1.54) is 12.1 Å².